The van der Waals surface area contributed by atoms with E-state index in [0.29, 0.717) is 6.61 Å². The van der Waals surface area contributed by atoms with Gasteiger partial charge < -0.3 is 18.9 Å². The number of nitrogens with zero attached hydrogens (tertiary/aromatic N) is 3. The van der Waals surface area contributed by atoms with Gasteiger partial charge in [-0.2, -0.15) is 0 Å². The first-order chi connectivity index (χ1) is 19.1. The van der Waals surface area contributed by atoms with Crippen LogP contribution in [0.5, 0.6) is 11.5 Å². The Morgan fingerprint density at radius 1 is 0.795 bits per heavy atom. The van der Waals surface area contributed by atoms with Crippen molar-refractivity contribution in [2.45, 2.75) is 66.0 Å². The molecule has 0 radical (unpaired) electrons. The number of halogens is 1. The third-order valence-electron chi connectivity index (χ3n) is 7.20. The number of imidazole rings is 1. The topological polar surface area (TPSA) is 39.5 Å². The summed E-state index contributed by atoms with van der Waals surface area (Å²) < 4.78 is 27.5. The summed E-state index contributed by atoms with van der Waals surface area (Å²) in [6, 6.07) is 20.9. The smallest absolute Gasteiger partial charge is 0.123 e. The van der Waals surface area contributed by atoms with E-state index < -0.39 is 0 Å². The lowest BCUT2D eigenvalue weighted by atomic mass is 10.1. The summed E-state index contributed by atoms with van der Waals surface area (Å²) in [6.45, 7) is 12.0. The lowest BCUT2D eigenvalue weighted by molar-refractivity contribution is 0.249. The first-order valence-corrected chi connectivity index (χ1v) is 14.4. The van der Waals surface area contributed by atoms with Gasteiger partial charge in [-0.3, -0.25) is 0 Å². The maximum atomic E-state index is 13.1. The van der Waals surface area contributed by atoms with Crippen LogP contribution in [0.3, 0.4) is 0 Å². The summed E-state index contributed by atoms with van der Waals surface area (Å²) in [6.07, 6.45) is 5.06. The molecule has 1 heterocycles. The predicted molar refractivity (Wildman–Crippen MR) is 157 cm³/mol. The molecule has 0 aliphatic rings. The molecule has 0 spiro atoms. The fourth-order valence-corrected chi connectivity index (χ4v) is 4.77. The Balaban J connectivity index is 1.37. The highest BCUT2D eigenvalue weighted by Crippen LogP contribution is 2.24. The van der Waals surface area contributed by atoms with E-state index in [1.54, 1.807) is 12.1 Å². The minimum Gasteiger partial charge on any atom is -0.493 e. The third-order valence-corrected chi connectivity index (χ3v) is 7.20. The molecule has 1 aromatic heterocycles. The Kier molecular flexibility index (Phi) is 10.8. The van der Waals surface area contributed by atoms with Gasteiger partial charge in [-0.15, -0.1) is 0 Å². The summed E-state index contributed by atoms with van der Waals surface area (Å²) in [4.78, 5) is 7.42. The molecule has 4 rings (SSSR count). The standard InChI is InChI=1S/C33H42FN3O2/c1-4-7-22-37-32-24-30(38-23-8-21-36(5-2)6-3)18-19-31(32)35-33(37)20-13-26-11-16-29(17-12-26)39-25-27-9-14-28(34)15-10-27/h9-12,14-19,24H,4-8,13,20-23,25H2,1-3H3. The third kappa shape index (κ3) is 8.30. The second-order valence-electron chi connectivity index (χ2n) is 9.97. The highest BCUT2D eigenvalue weighted by atomic mass is 19.1. The van der Waals surface area contributed by atoms with Crippen LogP contribution in [0.1, 0.15) is 57.0 Å². The maximum Gasteiger partial charge on any atom is 0.123 e. The van der Waals surface area contributed by atoms with Crippen molar-refractivity contribution in [2.24, 2.45) is 0 Å². The Morgan fingerprint density at radius 2 is 1.51 bits per heavy atom. The van der Waals surface area contributed by atoms with Crippen LogP contribution in [-0.4, -0.2) is 40.7 Å². The molecule has 208 valence electrons. The molecule has 5 nitrogen and oxygen atoms in total. The molecule has 0 N–H and O–H groups in total. The van der Waals surface area contributed by atoms with Gasteiger partial charge in [-0.1, -0.05) is 51.5 Å². The van der Waals surface area contributed by atoms with E-state index >= 15 is 0 Å². The molecule has 3 aromatic carbocycles. The molecule has 6 heteroatoms. The highest BCUT2D eigenvalue weighted by Gasteiger charge is 2.12. The quantitative estimate of drug-likeness (QED) is 0.141. The fourth-order valence-electron chi connectivity index (χ4n) is 4.77. The second kappa shape index (κ2) is 14.7. The number of fused-ring (bicyclic) bond motifs is 1. The predicted octanol–water partition coefficient (Wildman–Crippen LogP) is 7.45. The number of aromatic nitrogens is 2. The van der Waals surface area contributed by atoms with Gasteiger partial charge in [0.25, 0.3) is 0 Å². The monoisotopic (exact) mass is 531 g/mol. The maximum absolute atomic E-state index is 13.1. The van der Waals surface area contributed by atoms with Gasteiger partial charge in [0, 0.05) is 25.6 Å². The van der Waals surface area contributed by atoms with Crippen LogP contribution in [0.4, 0.5) is 4.39 Å². The second-order valence-corrected chi connectivity index (χ2v) is 9.97. The van der Waals surface area contributed by atoms with Crippen molar-refractivity contribution in [3.63, 3.8) is 0 Å². The van der Waals surface area contributed by atoms with Gasteiger partial charge in [-0.05, 0) is 79.9 Å². The number of hydrogen-bond donors (Lipinski definition) is 0. The largest absolute Gasteiger partial charge is 0.493 e. The van der Waals surface area contributed by atoms with Crippen molar-refractivity contribution in [2.75, 3.05) is 26.2 Å². The van der Waals surface area contributed by atoms with Gasteiger partial charge in [0.05, 0.1) is 17.6 Å². The van der Waals surface area contributed by atoms with Crippen molar-refractivity contribution in [1.82, 2.24) is 14.5 Å². The van der Waals surface area contributed by atoms with Crippen molar-refractivity contribution < 1.29 is 13.9 Å². The van der Waals surface area contributed by atoms with Gasteiger partial charge in [-0.25, -0.2) is 9.37 Å². The van der Waals surface area contributed by atoms with E-state index in [1.165, 1.54) is 17.7 Å². The molecule has 0 aliphatic carbocycles. The molecule has 0 saturated heterocycles. The molecule has 0 unspecified atom stereocenters. The Hall–Kier alpha value is -3.38. The lowest BCUT2D eigenvalue weighted by Crippen LogP contribution is -2.25. The molecule has 39 heavy (non-hydrogen) atoms. The molecular weight excluding hydrogens is 489 g/mol. The lowest BCUT2D eigenvalue weighted by Gasteiger charge is -2.17. The SMILES string of the molecule is CCCCn1c(CCc2ccc(OCc3ccc(F)cc3)cc2)nc2ccc(OCCCN(CC)CC)cc21. The van der Waals surface area contributed by atoms with Crippen molar-refractivity contribution >= 4 is 11.0 Å². The van der Waals surface area contributed by atoms with E-state index in [9.17, 15) is 4.39 Å². The van der Waals surface area contributed by atoms with E-state index in [0.717, 1.165) is 98.8 Å². The molecular formula is C33H42FN3O2. The number of rotatable bonds is 16. The van der Waals surface area contributed by atoms with Gasteiger partial charge in [0.2, 0.25) is 0 Å². The molecule has 0 fully saturated rings. The number of hydrogen-bond acceptors (Lipinski definition) is 4. The van der Waals surface area contributed by atoms with Gasteiger partial charge in [0.1, 0.15) is 29.7 Å². The van der Waals surface area contributed by atoms with E-state index in [1.807, 2.05) is 18.2 Å². The number of unbranched alkanes of at least 4 members (excludes halogenated alkanes) is 1. The zero-order valence-corrected chi connectivity index (χ0v) is 23.7. The average molecular weight is 532 g/mol. The first-order valence-electron chi connectivity index (χ1n) is 14.4. The number of ether oxygens (including phenoxy) is 2. The van der Waals surface area contributed by atoms with E-state index in [-0.39, 0.29) is 5.82 Å². The molecule has 0 atom stereocenters. The zero-order chi connectivity index (χ0) is 27.5. The number of aryl methyl sites for hydroxylation is 3. The average Bonchev–Trinajstić information content (AvgIpc) is 3.31. The molecule has 0 saturated carbocycles. The number of benzene rings is 3. The van der Waals surface area contributed by atoms with Crippen LogP contribution in [0, 0.1) is 5.82 Å². The van der Waals surface area contributed by atoms with E-state index in [4.69, 9.17) is 14.5 Å². The summed E-state index contributed by atoms with van der Waals surface area (Å²) in [5, 5.41) is 0. The van der Waals surface area contributed by atoms with Crippen LogP contribution in [0.15, 0.2) is 66.7 Å². The fraction of sp³-hybridized carbons (Fsp3) is 0.424. The van der Waals surface area contributed by atoms with Crippen molar-refractivity contribution in [3.05, 3.63) is 89.5 Å². The van der Waals surface area contributed by atoms with Crippen LogP contribution in [0.2, 0.25) is 0 Å². The van der Waals surface area contributed by atoms with Crippen molar-refractivity contribution in [3.8, 4) is 11.5 Å². The minimum atomic E-state index is -0.235. The van der Waals surface area contributed by atoms with E-state index in [2.05, 4.69) is 54.5 Å². The van der Waals surface area contributed by atoms with Crippen LogP contribution in [0.25, 0.3) is 11.0 Å². The Labute approximate surface area is 232 Å². The summed E-state index contributed by atoms with van der Waals surface area (Å²) in [7, 11) is 0. The minimum absolute atomic E-state index is 0.235. The molecule has 0 bridgehead atoms. The Morgan fingerprint density at radius 3 is 2.23 bits per heavy atom. The highest BCUT2D eigenvalue weighted by molar-refractivity contribution is 5.78. The van der Waals surface area contributed by atoms with Gasteiger partial charge >= 0.3 is 0 Å². The van der Waals surface area contributed by atoms with Crippen molar-refractivity contribution in [1.29, 1.82) is 0 Å². The normalized spacial score (nSPS) is 11.4. The molecule has 4 aromatic rings. The summed E-state index contributed by atoms with van der Waals surface area (Å²) in [5.74, 6) is 2.61. The zero-order valence-electron chi connectivity index (χ0n) is 23.7. The Bertz CT molecular complexity index is 1280. The summed E-state index contributed by atoms with van der Waals surface area (Å²) >= 11 is 0. The van der Waals surface area contributed by atoms with Crippen LogP contribution < -0.4 is 9.47 Å². The summed E-state index contributed by atoms with van der Waals surface area (Å²) in [5.41, 5.74) is 4.38. The van der Waals surface area contributed by atoms with Crippen LogP contribution >= 0.6 is 0 Å². The van der Waals surface area contributed by atoms with Gasteiger partial charge in [0.15, 0.2) is 0 Å². The van der Waals surface area contributed by atoms with Crippen LogP contribution in [-0.2, 0) is 26.0 Å². The molecule has 0 amide bonds. The molecule has 0 aliphatic heterocycles. The first kappa shape index (κ1) is 28.6.